The highest BCUT2D eigenvalue weighted by molar-refractivity contribution is 6.98. The molecular weight excluding hydrogens is 681 g/mol. The summed E-state index contributed by atoms with van der Waals surface area (Å²) >= 11 is 0. The number of hydrogen-bond acceptors (Lipinski definition) is 6. The molecule has 0 N–H and O–H groups in total. The Kier molecular flexibility index (Phi) is 5.62. The zero-order valence-corrected chi connectivity index (χ0v) is 29.1. The summed E-state index contributed by atoms with van der Waals surface area (Å²) in [5, 5.41) is 2.01. The van der Waals surface area contributed by atoms with Crippen molar-refractivity contribution in [3.8, 4) is 68.2 Å². The molecule has 0 aliphatic carbocycles. The smallest absolute Gasteiger partial charge is 0.260 e. The number of ether oxygens (including phenoxy) is 4. The Labute approximate surface area is 315 Å². The molecule has 256 valence electrons. The van der Waals surface area contributed by atoms with Crippen LogP contribution < -0.4 is 40.2 Å². The maximum atomic E-state index is 6.68. The Morgan fingerprint density at radius 2 is 0.818 bits per heavy atom. The number of furan rings is 1. The zero-order chi connectivity index (χ0) is 35.8. The van der Waals surface area contributed by atoms with Crippen LogP contribution in [0.2, 0.25) is 0 Å². The molecule has 0 amide bonds. The highest BCUT2D eigenvalue weighted by Crippen LogP contribution is 2.60. The summed E-state index contributed by atoms with van der Waals surface area (Å²) in [7, 11) is 0. The Morgan fingerprint density at radius 3 is 1.35 bits per heavy atom. The molecule has 55 heavy (non-hydrogen) atoms. The van der Waals surface area contributed by atoms with Crippen molar-refractivity contribution in [3.63, 3.8) is 0 Å². The van der Waals surface area contributed by atoms with Gasteiger partial charge in [0.05, 0.1) is 11.4 Å². The lowest BCUT2D eigenvalue weighted by atomic mass is 9.35. The lowest BCUT2D eigenvalue weighted by Crippen LogP contribution is -2.57. The van der Waals surface area contributed by atoms with Gasteiger partial charge in [0, 0.05) is 16.2 Å². The minimum Gasteiger partial charge on any atom is -0.458 e. The van der Waals surface area contributed by atoms with Gasteiger partial charge in [-0.1, -0.05) is 84.9 Å². The predicted octanol–water partition coefficient (Wildman–Crippen LogP) is 11.3. The number of nitrogens with zero attached hydrogens (tertiary/aromatic N) is 1. The van der Waals surface area contributed by atoms with Gasteiger partial charge in [-0.2, -0.15) is 0 Å². The second-order valence-corrected chi connectivity index (χ2v) is 14.4. The van der Waals surface area contributed by atoms with E-state index in [0.717, 1.165) is 124 Å². The van der Waals surface area contributed by atoms with Gasteiger partial charge in [-0.05, 0) is 106 Å². The van der Waals surface area contributed by atoms with Gasteiger partial charge >= 0.3 is 0 Å². The number of benzene rings is 8. The molecule has 0 fully saturated rings. The molecule has 4 aliphatic heterocycles. The number of rotatable bonds is 2. The topological polar surface area (TPSA) is 53.3 Å². The van der Waals surface area contributed by atoms with Gasteiger partial charge in [-0.15, -0.1) is 0 Å². The first kappa shape index (κ1) is 29.1. The molecule has 6 nitrogen and oxygen atoms in total. The predicted molar refractivity (Wildman–Crippen MR) is 217 cm³/mol. The van der Waals surface area contributed by atoms with Crippen LogP contribution in [0.3, 0.4) is 0 Å². The summed E-state index contributed by atoms with van der Waals surface area (Å²) in [6.45, 7) is 0.00967. The molecule has 8 aromatic carbocycles. The second-order valence-electron chi connectivity index (χ2n) is 14.4. The number of para-hydroxylation sites is 6. The monoisotopic (exact) mass is 707 g/mol. The van der Waals surface area contributed by atoms with E-state index in [1.54, 1.807) is 0 Å². The molecule has 7 heteroatoms. The Morgan fingerprint density at radius 1 is 0.382 bits per heavy atom. The molecule has 0 bridgehead atoms. The molecule has 0 spiro atoms. The van der Waals surface area contributed by atoms with E-state index in [1.165, 1.54) is 0 Å². The minimum absolute atomic E-state index is 0.00967. The first-order valence-corrected chi connectivity index (χ1v) is 18.4. The van der Waals surface area contributed by atoms with Crippen LogP contribution in [-0.2, 0) is 0 Å². The van der Waals surface area contributed by atoms with Gasteiger partial charge in [0.2, 0.25) is 0 Å². The van der Waals surface area contributed by atoms with E-state index < -0.39 is 0 Å². The molecule has 0 radical (unpaired) electrons. The lowest BCUT2D eigenvalue weighted by molar-refractivity contribution is 0.446. The Hall–Kier alpha value is -7.38. The SMILES string of the molecule is c1ccc2c(c1)Oc1cc(-c3cccc4oc5cccc(-c6cc7c8c(c6)Oc6ccccc6N8c6ccccc6O7)c5c34)cc3c1B2c1ccccc1O3. The summed E-state index contributed by atoms with van der Waals surface area (Å²) in [5.41, 5.74) is 11.7. The van der Waals surface area contributed by atoms with Gasteiger partial charge in [-0.25, -0.2) is 0 Å². The molecule has 0 saturated carbocycles. The van der Waals surface area contributed by atoms with Crippen LogP contribution in [0, 0.1) is 0 Å². The third-order valence-corrected chi connectivity index (χ3v) is 11.4. The maximum Gasteiger partial charge on any atom is 0.260 e. The first-order chi connectivity index (χ1) is 27.2. The molecule has 5 heterocycles. The third-order valence-electron chi connectivity index (χ3n) is 11.4. The van der Waals surface area contributed by atoms with E-state index in [0.29, 0.717) is 0 Å². The summed E-state index contributed by atoms with van der Waals surface area (Å²) in [6.07, 6.45) is 0. The normalized spacial score (nSPS) is 13.6. The van der Waals surface area contributed by atoms with E-state index in [1.807, 2.05) is 72.8 Å². The van der Waals surface area contributed by atoms with Crippen molar-refractivity contribution < 1.29 is 23.4 Å². The van der Waals surface area contributed by atoms with Gasteiger partial charge in [-0.3, -0.25) is 4.90 Å². The van der Waals surface area contributed by atoms with Gasteiger partial charge in [0.1, 0.15) is 39.9 Å². The van der Waals surface area contributed by atoms with Crippen molar-refractivity contribution >= 4 is 62.1 Å². The fourth-order valence-corrected chi connectivity index (χ4v) is 9.07. The van der Waals surface area contributed by atoms with Crippen LogP contribution in [-0.4, -0.2) is 6.71 Å². The van der Waals surface area contributed by atoms with E-state index in [4.69, 9.17) is 23.4 Å². The van der Waals surface area contributed by atoms with Gasteiger partial charge in [0.15, 0.2) is 23.0 Å². The Balaban J connectivity index is 1.02. The van der Waals surface area contributed by atoms with Gasteiger partial charge < -0.3 is 23.4 Å². The largest absolute Gasteiger partial charge is 0.458 e. The number of anilines is 3. The molecule has 1 aromatic heterocycles. The number of fused-ring (bicyclic) bond motifs is 11. The molecule has 13 rings (SSSR count). The highest BCUT2D eigenvalue weighted by Gasteiger charge is 2.40. The van der Waals surface area contributed by atoms with Crippen LogP contribution in [0.15, 0.2) is 162 Å². The summed E-state index contributed by atoms with van der Waals surface area (Å²) < 4.78 is 33.3. The van der Waals surface area contributed by atoms with Crippen LogP contribution in [0.5, 0.6) is 46.0 Å². The molecule has 0 unspecified atom stereocenters. The molecular formula is C48H26BNO5. The van der Waals surface area contributed by atoms with E-state index in [2.05, 4.69) is 89.8 Å². The zero-order valence-electron chi connectivity index (χ0n) is 29.1. The van der Waals surface area contributed by atoms with E-state index in [9.17, 15) is 0 Å². The third kappa shape index (κ3) is 3.99. The lowest BCUT2D eigenvalue weighted by Gasteiger charge is -2.38. The van der Waals surface area contributed by atoms with Crippen molar-refractivity contribution in [3.05, 3.63) is 158 Å². The van der Waals surface area contributed by atoms with Crippen LogP contribution >= 0.6 is 0 Å². The molecule has 4 aliphatic rings. The fraction of sp³-hybridized carbons (Fsp3) is 0. The Bertz CT molecular complexity index is 2800. The average Bonchev–Trinajstić information content (AvgIpc) is 3.62. The standard InChI is InChI=1S/C48H26BNO5/c1-5-17-35-31(13-1)49-32-14-2-6-18-36(32)52-42-24-27(23-41(51-35)47(42)49)29-11-9-21-39-45(29)46-30(12-10-22-40(46)55-39)28-25-43-48-44(26-28)54-38-20-8-4-16-34(38)50(48)33-15-3-7-19-37(33)53-43/h1-26H. The van der Waals surface area contributed by atoms with Crippen molar-refractivity contribution in [2.45, 2.75) is 0 Å². The van der Waals surface area contributed by atoms with Crippen molar-refractivity contribution in [2.24, 2.45) is 0 Å². The van der Waals surface area contributed by atoms with Crippen LogP contribution in [0.1, 0.15) is 0 Å². The van der Waals surface area contributed by atoms with Crippen molar-refractivity contribution in [1.82, 2.24) is 0 Å². The molecule has 0 saturated heterocycles. The quantitative estimate of drug-likeness (QED) is 0.167. The maximum absolute atomic E-state index is 6.68. The highest BCUT2D eigenvalue weighted by atomic mass is 16.5. The minimum atomic E-state index is 0.00967. The van der Waals surface area contributed by atoms with Gasteiger partial charge in [0.25, 0.3) is 6.71 Å². The molecule has 0 atom stereocenters. The van der Waals surface area contributed by atoms with Crippen LogP contribution in [0.4, 0.5) is 17.1 Å². The van der Waals surface area contributed by atoms with E-state index >= 15 is 0 Å². The molecule has 9 aromatic rings. The second kappa shape index (κ2) is 10.6. The summed E-state index contributed by atoms with van der Waals surface area (Å²) in [5.74, 6) is 6.34. The van der Waals surface area contributed by atoms with Crippen molar-refractivity contribution in [1.29, 1.82) is 0 Å². The average molecular weight is 708 g/mol. The summed E-state index contributed by atoms with van der Waals surface area (Å²) in [4.78, 5) is 2.24. The van der Waals surface area contributed by atoms with Crippen molar-refractivity contribution in [2.75, 3.05) is 4.90 Å². The number of hydrogen-bond donors (Lipinski definition) is 0. The summed E-state index contributed by atoms with van der Waals surface area (Å²) in [6, 6.07) is 53.9. The fourth-order valence-electron chi connectivity index (χ4n) is 9.07. The van der Waals surface area contributed by atoms with Crippen LogP contribution in [0.25, 0.3) is 44.2 Å². The first-order valence-electron chi connectivity index (χ1n) is 18.4. The van der Waals surface area contributed by atoms with E-state index in [-0.39, 0.29) is 6.71 Å².